The van der Waals surface area contributed by atoms with E-state index in [0.717, 1.165) is 29.3 Å². The van der Waals surface area contributed by atoms with Gasteiger partial charge in [0.05, 0.1) is 5.71 Å². The Hall–Kier alpha value is -3.07. The number of anilines is 1. The first-order chi connectivity index (χ1) is 13.1. The van der Waals surface area contributed by atoms with Gasteiger partial charge in [-0.15, -0.1) is 0 Å². The van der Waals surface area contributed by atoms with Gasteiger partial charge >= 0.3 is 0 Å². The number of rotatable bonds is 4. The molecule has 0 N–H and O–H groups in total. The SMILES string of the molecule is CCN(C)c1cccc(-c2ccc(C3=Nc4cc(C)ccc4OC3)cc2)c1. The molecule has 3 aromatic rings. The molecule has 3 aromatic carbocycles. The topological polar surface area (TPSA) is 24.8 Å². The molecule has 0 aliphatic carbocycles. The van der Waals surface area contributed by atoms with Gasteiger partial charge in [-0.3, -0.25) is 0 Å². The monoisotopic (exact) mass is 356 g/mol. The van der Waals surface area contributed by atoms with E-state index in [9.17, 15) is 0 Å². The van der Waals surface area contributed by atoms with Crippen LogP contribution in [0.25, 0.3) is 11.1 Å². The molecule has 0 radical (unpaired) electrons. The van der Waals surface area contributed by atoms with E-state index in [4.69, 9.17) is 9.73 Å². The number of fused-ring (bicyclic) bond motifs is 1. The Balaban J connectivity index is 1.62. The molecule has 136 valence electrons. The second-order valence-electron chi connectivity index (χ2n) is 6.96. The quantitative estimate of drug-likeness (QED) is 0.605. The Labute approximate surface area is 160 Å². The number of aryl methyl sites for hydroxylation is 1. The maximum Gasteiger partial charge on any atom is 0.145 e. The minimum Gasteiger partial charge on any atom is -0.485 e. The van der Waals surface area contributed by atoms with Crippen LogP contribution in [-0.4, -0.2) is 25.9 Å². The second-order valence-corrected chi connectivity index (χ2v) is 6.96. The Morgan fingerprint density at radius 1 is 0.926 bits per heavy atom. The van der Waals surface area contributed by atoms with Crippen molar-refractivity contribution in [1.29, 1.82) is 0 Å². The van der Waals surface area contributed by atoms with Crippen LogP contribution < -0.4 is 9.64 Å². The number of benzene rings is 3. The van der Waals surface area contributed by atoms with Gasteiger partial charge in [0.2, 0.25) is 0 Å². The summed E-state index contributed by atoms with van der Waals surface area (Å²) in [7, 11) is 2.11. The first-order valence-corrected chi connectivity index (χ1v) is 9.37. The highest BCUT2D eigenvalue weighted by atomic mass is 16.5. The molecular formula is C24H24N2O. The minimum atomic E-state index is 0.506. The van der Waals surface area contributed by atoms with Crippen LogP contribution in [0.2, 0.25) is 0 Å². The zero-order chi connectivity index (χ0) is 18.8. The lowest BCUT2D eigenvalue weighted by molar-refractivity contribution is 0.373. The molecular weight excluding hydrogens is 332 g/mol. The summed E-state index contributed by atoms with van der Waals surface area (Å²) in [5, 5.41) is 0. The van der Waals surface area contributed by atoms with Crippen molar-refractivity contribution < 1.29 is 4.74 Å². The fourth-order valence-corrected chi connectivity index (χ4v) is 3.27. The van der Waals surface area contributed by atoms with Gasteiger partial charge in [0.1, 0.15) is 18.0 Å². The lowest BCUT2D eigenvalue weighted by Gasteiger charge is -2.18. The standard InChI is InChI=1S/C24H24N2O/c1-4-26(3)21-7-5-6-20(15-21)18-9-11-19(12-10-18)23-16-27-24-13-8-17(2)14-22(24)25-23/h5-15H,4,16H2,1-3H3. The third-order valence-electron chi connectivity index (χ3n) is 5.05. The number of hydrogen-bond acceptors (Lipinski definition) is 3. The Bertz CT molecular complexity index is 990. The summed E-state index contributed by atoms with van der Waals surface area (Å²) in [6.07, 6.45) is 0. The Morgan fingerprint density at radius 2 is 1.70 bits per heavy atom. The molecule has 1 aliphatic heterocycles. The van der Waals surface area contributed by atoms with Crippen molar-refractivity contribution in [2.75, 3.05) is 25.1 Å². The summed E-state index contributed by atoms with van der Waals surface area (Å²) in [5.74, 6) is 0.859. The van der Waals surface area contributed by atoms with Crippen LogP contribution in [-0.2, 0) is 0 Å². The normalized spacial score (nSPS) is 12.8. The number of aliphatic imine (C=N–C) groups is 1. The van der Waals surface area contributed by atoms with E-state index < -0.39 is 0 Å². The predicted octanol–water partition coefficient (Wildman–Crippen LogP) is 5.63. The molecule has 1 heterocycles. The van der Waals surface area contributed by atoms with Gasteiger partial charge < -0.3 is 9.64 Å². The van der Waals surface area contributed by atoms with E-state index in [1.807, 2.05) is 6.07 Å². The lowest BCUT2D eigenvalue weighted by Crippen LogP contribution is -2.16. The molecule has 3 nitrogen and oxygen atoms in total. The number of hydrogen-bond donors (Lipinski definition) is 0. The Morgan fingerprint density at radius 3 is 2.48 bits per heavy atom. The molecule has 1 aliphatic rings. The molecule has 0 saturated carbocycles. The van der Waals surface area contributed by atoms with Gasteiger partial charge in [0.25, 0.3) is 0 Å². The van der Waals surface area contributed by atoms with Gasteiger partial charge in [-0.2, -0.15) is 0 Å². The molecule has 0 spiro atoms. The van der Waals surface area contributed by atoms with Crippen molar-refractivity contribution in [2.24, 2.45) is 4.99 Å². The summed E-state index contributed by atoms with van der Waals surface area (Å²) in [5.41, 5.74) is 7.84. The van der Waals surface area contributed by atoms with Crippen LogP contribution >= 0.6 is 0 Å². The largest absolute Gasteiger partial charge is 0.485 e. The van der Waals surface area contributed by atoms with Crippen molar-refractivity contribution in [1.82, 2.24) is 0 Å². The summed E-state index contributed by atoms with van der Waals surface area (Å²) in [6.45, 7) is 5.73. The number of nitrogens with zero attached hydrogens (tertiary/aromatic N) is 2. The van der Waals surface area contributed by atoms with Crippen LogP contribution in [0.4, 0.5) is 11.4 Å². The van der Waals surface area contributed by atoms with E-state index in [-0.39, 0.29) is 0 Å². The van der Waals surface area contributed by atoms with Crippen molar-refractivity contribution in [3.63, 3.8) is 0 Å². The fraction of sp³-hybridized carbons (Fsp3) is 0.208. The predicted molar refractivity (Wildman–Crippen MR) is 114 cm³/mol. The smallest absolute Gasteiger partial charge is 0.145 e. The molecule has 27 heavy (non-hydrogen) atoms. The van der Waals surface area contributed by atoms with Crippen molar-refractivity contribution in [2.45, 2.75) is 13.8 Å². The van der Waals surface area contributed by atoms with Gasteiger partial charge in [0, 0.05) is 19.3 Å². The first-order valence-electron chi connectivity index (χ1n) is 9.37. The van der Waals surface area contributed by atoms with E-state index >= 15 is 0 Å². The van der Waals surface area contributed by atoms with Gasteiger partial charge in [-0.1, -0.05) is 42.5 Å². The zero-order valence-corrected chi connectivity index (χ0v) is 16.1. The summed E-state index contributed by atoms with van der Waals surface area (Å²) in [6, 6.07) is 23.4. The molecule has 0 bridgehead atoms. The van der Waals surface area contributed by atoms with Crippen LogP contribution in [0.3, 0.4) is 0 Å². The van der Waals surface area contributed by atoms with Gasteiger partial charge in [-0.05, 0) is 60.4 Å². The van der Waals surface area contributed by atoms with E-state index in [2.05, 4.69) is 86.5 Å². The highest BCUT2D eigenvalue weighted by molar-refractivity contribution is 6.04. The summed E-state index contributed by atoms with van der Waals surface area (Å²) < 4.78 is 5.88. The minimum absolute atomic E-state index is 0.506. The molecule has 0 saturated heterocycles. The molecule has 3 heteroatoms. The maximum absolute atomic E-state index is 5.88. The molecule has 0 unspecified atom stereocenters. The van der Waals surface area contributed by atoms with E-state index in [0.29, 0.717) is 6.61 Å². The third kappa shape index (κ3) is 3.59. The summed E-state index contributed by atoms with van der Waals surface area (Å²) >= 11 is 0. The fourth-order valence-electron chi connectivity index (χ4n) is 3.27. The molecule has 0 aromatic heterocycles. The zero-order valence-electron chi connectivity index (χ0n) is 16.1. The average molecular weight is 356 g/mol. The number of ether oxygens (including phenoxy) is 1. The first kappa shape index (κ1) is 17.3. The highest BCUT2D eigenvalue weighted by Gasteiger charge is 2.14. The molecule has 0 atom stereocenters. The van der Waals surface area contributed by atoms with Crippen LogP contribution in [0.1, 0.15) is 18.1 Å². The lowest BCUT2D eigenvalue weighted by atomic mass is 10.0. The molecule has 4 rings (SSSR count). The van der Waals surface area contributed by atoms with Crippen molar-refractivity contribution in [3.05, 3.63) is 77.9 Å². The van der Waals surface area contributed by atoms with Gasteiger partial charge in [0.15, 0.2) is 0 Å². The van der Waals surface area contributed by atoms with Crippen LogP contribution in [0.5, 0.6) is 5.75 Å². The second kappa shape index (κ2) is 7.28. The Kier molecular flexibility index (Phi) is 4.68. The third-order valence-corrected chi connectivity index (χ3v) is 5.05. The average Bonchev–Trinajstić information content (AvgIpc) is 2.73. The van der Waals surface area contributed by atoms with E-state index in [1.54, 1.807) is 0 Å². The van der Waals surface area contributed by atoms with E-state index in [1.165, 1.54) is 22.4 Å². The van der Waals surface area contributed by atoms with Crippen LogP contribution in [0.15, 0.2) is 71.7 Å². The van der Waals surface area contributed by atoms with Crippen molar-refractivity contribution in [3.8, 4) is 16.9 Å². The molecule has 0 amide bonds. The summed E-state index contributed by atoms with van der Waals surface area (Å²) in [4.78, 5) is 7.05. The van der Waals surface area contributed by atoms with Gasteiger partial charge in [-0.25, -0.2) is 4.99 Å². The molecule has 0 fully saturated rings. The van der Waals surface area contributed by atoms with Crippen LogP contribution in [0, 0.1) is 6.92 Å². The maximum atomic E-state index is 5.88. The van der Waals surface area contributed by atoms with Crippen molar-refractivity contribution >= 4 is 17.1 Å². The highest BCUT2D eigenvalue weighted by Crippen LogP contribution is 2.33.